The Labute approximate surface area is 93.4 Å². The van der Waals surface area contributed by atoms with Gasteiger partial charge in [0.2, 0.25) is 0 Å². The molecule has 0 aromatic heterocycles. The number of anilines is 1. The lowest BCUT2D eigenvalue weighted by atomic mass is 10.0. The van der Waals surface area contributed by atoms with E-state index in [0.29, 0.717) is 16.5 Å². The van der Waals surface area contributed by atoms with Crippen LogP contribution in [0, 0.1) is 6.92 Å². The number of nitrogens with two attached hydrogens (primary N) is 1. The maximum Gasteiger partial charge on any atom is 0.295 e. The van der Waals surface area contributed by atoms with Crippen molar-refractivity contribution < 1.29 is 13.0 Å². The number of hydrogen-bond donors (Lipinski definition) is 2. The van der Waals surface area contributed by atoms with Crippen LogP contribution in [-0.2, 0) is 10.1 Å². The summed E-state index contributed by atoms with van der Waals surface area (Å²) in [6, 6.07) is 7.99. The minimum absolute atomic E-state index is 0.111. The molecule has 0 spiro atoms. The Morgan fingerprint density at radius 2 is 1.88 bits per heavy atom. The van der Waals surface area contributed by atoms with Crippen LogP contribution in [-0.4, -0.2) is 13.0 Å². The number of hydrogen-bond acceptors (Lipinski definition) is 3. The summed E-state index contributed by atoms with van der Waals surface area (Å²) in [5.41, 5.74) is 7.17. The van der Waals surface area contributed by atoms with Crippen LogP contribution in [0.2, 0.25) is 0 Å². The molecule has 0 bridgehead atoms. The zero-order valence-electron chi connectivity index (χ0n) is 8.64. The SMILES string of the molecule is Cc1cccc2c(S(=O)(=O)O)ccc(N)c12. The van der Waals surface area contributed by atoms with Gasteiger partial charge in [-0.25, -0.2) is 0 Å². The molecule has 0 atom stereocenters. The average molecular weight is 237 g/mol. The molecule has 2 aromatic rings. The van der Waals surface area contributed by atoms with E-state index < -0.39 is 10.1 Å². The van der Waals surface area contributed by atoms with Crippen molar-refractivity contribution in [2.45, 2.75) is 11.8 Å². The van der Waals surface area contributed by atoms with Crippen molar-refractivity contribution in [3.8, 4) is 0 Å². The van der Waals surface area contributed by atoms with E-state index in [1.807, 2.05) is 13.0 Å². The van der Waals surface area contributed by atoms with E-state index in [0.717, 1.165) is 5.56 Å². The number of benzene rings is 2. The second-order valence-corrected chi connectivity index (χ2v) is 5.02. The third-order valence-corrected chi connectivity index (χ3v) is 3.43. The zero-order valence-corrected chi connectivity index (χ0v) is 9.45. The molecule has 2 aromatic carbocycles. The summed E-state index contributed by atoms with van der Waals surface area (Å²) in [7, 11) is -4.22. The predicted molar refractivity (Wildman–Crippen MR) is 62.9 cm³/mol. The van der Waals surface area contributed by atoms with E-state index in [4.69, 9.17) is 10.3 Å². The Morgan fingerprint density at radius 3 is 2.50 bits per heavy atom. The van der Waals surface area contributed by atoms with Crippen LogP contribution in [0.5, 0.6) is 0 Å². The second-order valence-electron chi connectivity index (χ2n) is 3.63. The quantitative estimate of drug-likeness (QED) is 0.587. The van der Waals surface area contributed by atoms with E-state index in [9.17, 15) is 8.42 Å². The highest BCUT2D eigenvalue weighted by atomic mass is 32.2. The predicted octanol–water partition coefficient (Wildman–Crippen LogP) is 1.98. The molecule has 0 heterocycles. The van der Waals surface area contributed by atoms with Crippen molar-refractivity contribution in [2.24, 2.45) is 0 Å². The first-order valence-electron chi connectivity index (χ1n) is 4.66. The van der Waals surface area contributed by atoms with Gasteiger partial charge in [0.25, 0.3) is 10.1 Å². The highest BCUT2D eigenvalue weighted by molar-refractivity contribution is 7.86. The van der Waals surface area contributed by atoms with Crippen LogP contribution in [0.25, 0.3) is 10.8 Å². The monoisotopic (exact) mass is 237 g/mol. The molecule has 84 valence electrons. The number of nitrogen functional groups attached to an aromatic ring is 1. The molecule has 0 saturated heterocycles. The fourth-order valence-electron chi connectivity index (χ4n) is 1.82. The maximum absolute atomic E-state index is 11.2. The summed E-state index contributed by atoms with van der Waals surface area (Å²) in [5.74, 6) is 0. The van der Waals surface area contributed by atoms with Crippen LogP contribution in [0.3, 0.4) is 0 Å². The van der Waals surface area contributed by atoms with Gasteiger partial charge >= 0.3 is 0 Å². The van der Waals surface area contributed by atoms with E-state index in [1.54, 1.807) is 12.1 Å². The number of rotatable bonds is 1. The van der Waals surface area contributed by atoms with Crippen LogP contribution in [0.15, 0.2) is 35.2 Å². The van der Waals surface area contributed by atoms with Crippen molar-refractivity contribution in [1.29, 1.82) is 0 Å². The molecule has 3 N–H and O–H groups in total. The van der Waals surface area contributed by atoms with E-state index in [2.05, 4.69) is 0 Å². The van der Waals surface area contributed by atoms with E-state index in [1.165, 1.54) is 12.1 Å². The molecule has 0 aliphatic heterocycles. The van der Waals surface area contributed by atoms with Crippen LogP contribution in [0.1, 0.15) is 5.56 Å². The summed E-state index contributed by atoms with van der Waals surface area (Å²) >= 11 is 0. The third kappa shape index (κ3) is 1.64. The Kier molecular flexibility index (Phi) is 2.36. The lowest BCUT2D eigenvalue weighted by Crippen LogP contribution is -2.01. The van der Waals surface area contributed by atoms with Gasteiger partial charge in [0.05, 0.1) is 0 Å². The molecular weight excluding hydrogens is 226 g/mol. The van der Waals surface area contributed by atoms with Crippen LogP contribution >= 0.6 is 0 Å². The van der Waals surface area contributed by atoms with Gasteiger partial charge < -0.3 is 5.73 Å². The highest BCUT2D eigenvalue weighted by Crippen LogP contribution is 2.29. The first-order valence-corrected chi connectivity index (χ1v) is 6.10. The summed E-state index contributed by atoms with van der Waals surface area (Å²) < 4.78 is 31.5. The summed E-state index contributed by atoms with van der Waals surface area (Å²) in [6.07, 6.45) is 0. The van der Waals surface area contributed by atoms with Crippen LogP contribution < -0.4 is 5.73 Å². The van der Waals surface area contributed by atoms with Crippen molar-refractivity contribution >= 4 is 26.6 Å². The topological polar surface area (TPSA) is 80.4 Å². The molecular formula is C11H11NO3S. The van der Waals surface area contributed by atoms with Gasteiger partial charge in [-0.1, -0.05) is 18.2 Å². The molecule has 0 radical (unpaired) electrons. The molecule has 0 amide bonds. The fraction of sp³-hybridized carbons (Fsp3) is 0.0909. The lowest BCUT2D eigenvalue weighted by molar-refractivity contribution is 0.484. The van der Waals surface area contributed by atoms with Gasteiger partial charge in [-0.3, -0.25) is 4.55 Å². The Bertz CT molecular complexity index is 654. The summed E-state index contributed by atoms with van der Waals surface area (Å²) in [5, 5.41) is 1.11. The van der Waals surface area contributed by atoms with Crippen molar-refractivity contribution in [3.63, 3.8) is 0 Å². The first kappa shape index (κ1) is 10.9. The summed E-state index contributed by atoms with van der Waals surface area (Å²) in [6.45, 7) is 1.84. The standard InChI is InChI=1S/C11H11NO3S/c1-7-3-2-4-8-10(16(13,14)15)6-5-9(12)11(7)8/h2-6H,12H2,1H3,(H,13,14,15). The molecule has 0 unspecified atom stereocenters. The minimum Gasteiger partial charge on any atom is -0.398 e. The Morgan fingerprint density at radius 1 is 1.19 bits per heavy atom. The second kappa shape index (κ2) is 3.47. The molecule has 0 fully saturated rings. The summed E-state index contributed by atoms with van der Waals surface area (Å²) in [4.78, 5) is -0.111. The average Bonchev–Trinajstić information content (AvgIpc) is 2.16. The van der Waals surface area contributed by atoms with Crippen LogP contribution in [0.4, 0.5) is 5.69 Å². The Balaban J connectivity index is 3.02. The minimum atomic E-state index is -4.22. The van der Waals surface area contributed by atoms with Crippen molar-refractivity contribution in [3.05, 3.63) is 35.9 Å². The molecule has 0 saturated carbocycles. The van der Waals surface area contributed by atoms with Crippen molar-refractivity contribution in [1.82, 2.24) is 0 Å². The van der Waals surface area contributed by atoms with Gasteiger partial charge in [0.1, 0.15) is 4.90 Å². The molecule has 2 rings (SSSR count). The Hall–Kier alpha value is -1.59. The fourth-order valence-corrected chi connectivity index (χ4v) is 2.51. The number of fused-ring (bicyclic) bond motifs is 1. The molecule has 16 heavy (non-hydrogen) atoms. The van der Waals surface area contributed by atoms with Crippen molar-refractivity contribution in [2.75, 3.05) is 5.73 Å². The van der Waals surface area contributed by atoms with E-state index in [-0.39, 0.29) is 4.90 Å². The molecule has 4 nitrogen and oxygen atoms in total. The smallest absolute Gasteiger partial charge is 0.295 e. The molecule has 5 heteroatoms. The third-order valence-electron chi connectivity index (χ3n) is 2.52. The largest absolute Gasteiger partial charge is 0.398 e. The van der Waals surface area contributed by atoms with Gasteiger partial charge in [0.15, 0.2) is 0 Å². The first-order chi connectivity index (χ1) is 7.41. The molecule has 0 aliphatic rings. The normalized spacial score (nSPS) is 11.9. The van der Waals surface area contributed by atoms with E-state index >= 15 is 0 Å². The van der Waals surface area contributed by atoms with Gasteiger partial charge in [-0.2, -0.15) is 8.42 Å². The molecule has 0 aliphatic carbocycles. The number of aryl methyl sites for hydroxylation is 1. The highest BCUT2D eigenvalue weighted by Gasteiger charge is 2.15. The van der Waals surface area contributed by atoms with Gasteiger partial charge in [-0.15, -0.1) is 0 Å². The van der Waals surface area contributed by atoms with Gasteiger partial charge in [0, 0.05) is 16.5 Å². The maximum atomic E-state index is 11.2. The zero-order chi connectivity index (χ0) is 11.9. The lowest BCUT2D eigenvalue weighted by Gasteiger charge is -2.08. The van der Waals surface area contributed by atoms with Gasteiger partial charge in [-0.05, 0) is 24.6 Å².